The number of hydrogen-bond acceptors (Lipinski definition) is 2. The molecule has 2 nitrogen and oxygen atoms in total. The Morgan fingerprint density at radius 3 is 2.89 bits per heavy atom. The summed E-state index contributed by atoms with van der Waals surface area (Å²) in [5, 5.41) is 3.20. The standard InChI is InChI=1S/C6H12N2S/c1-5-3-8(2)4-6(9)7-5/h5H,3-4H2,1-2H3,(H,7,9). The van der Waals surface area contributed by atoms with Crippen LogP contribution in [0.5, 0.6) is 0 Å². The van der Waals surface area contributed by atoms with E-state index in [2.05, 4.69) is 24.2 Å². The smallest absolute Gasteiger partial charge is 0.0898 e. The van der Waals surface area contributed by atoms with Crippen molar-refractivity contribution in [2.24, 2.45) is 0 Å². The van der Waals surface area contributed by atoms with E-state index in [4.69, 9.17) is 12.2 Å². The lowest BCUT2D eigenvalue weighted by Crippen LogP contribution is -2.50. The Balaban J connectivity index is 2.43. The number of hydrogen-bond donors (Lipinski definition) is 1. The number of thiocarbonyl (C=S) groups is 1. The minimum Gasteiger partial charge on any atom is -0.375 e. The molecule has 1 heterocycles. The fourth-order valence-electron chi connectivity index (χ4n) is 1.14. The van der Waals surface area contributed by atoms with Gasteiger partial charge < -0.3 is 5.32 Å². The lowest BCUT2D eigenvalue weighted by atomic mass is 10.2. The van der Waals surface area contributed by atoms with Crippen LogP contribution in [-0.2, 0) is 0 Å². The summed E-state index contributed by atoms with van der Waals surface area (Å²) in [6.45, 7) is 4.15. The zero-order chi connectivity index (χ0) is 6.85. The molecular weight excluding hydrogens is 132 g/mol. The number of piperazine rings is 1. The number of rotatable bonds is 0. The fourth-order valence-corrected chi connectivity index (χ4v) is 1.56. The second kappa shape index (κ2) is 2.62. The van der Waals surface area contributed by atoms with E-state index in [0.717, 1.165) is 18.1 Å². The molecule has 52 valence electrons. The third-order valence-electron chi connectivity index (χ3n) is 1.41. The quantitative estimate of drug-likeness (QED) is 0.490. The van der Waals surface area contributed by atoms with Gasteiger partial charge in [-0.15, -0.1) is 0 Å². The molecule has 0 amide bonds. The Morgan fingerprint density at radius 2 is 2.44 bits per heavy atom. The third kappa shape index (κ3) is 1.91. The van der Waals surface area contributed by atoms with Gasteiger partial charge in [0.15, 0.2) is 0 Å². The molecule has 0 radical (unpaired) electrons. The molecule has 0 saturated carbocycles. The normalized spacial score (nSPS) is 30.0. The lowest BCUT2D eigenvalue weighted by Gasteiger charge is -2.29. The predicted molar refractivity (Wildman–Crippen MR) is 42.7 cm³/mol. The van der Waals surface area contributed by atoms with Crippen LogP contribution in [-0.4, -0.2) is 36.1 Å². The molecule has 0 bridgehead atoms. The molecule has 0 aromatic heterocycles. The maximum Gasteiger partial charge on any atom is 0.0898 e. The molecular formula is C6H12N2S. The molecule has 1 aliphatic rings. The Morgan fingerprint density at radius 1 is 1.78 bits per heavy atom. The summed E-state index contributed by atoms with van der Waals surface area (Å²) in [7, 11) is 2.09. The fraction of sp³-hybridized carbons (Fsp3) is 0.833. The van der Waals surface area contributed by atoms with Crippen molar-refractivity contribution in [1.29, 1.82) is 0 Å². The highest BCUT2D eigenvalue weighted by molar-refractivity contribution is 7.80. The van der Waals surface area contributed by atoms with Crippen LogP contribution < -0.4 is 5.32 Å². The van der Waals surface area contributed by atoms with Crippen LogP contribution in [0.3, 0.4) is 0 Å². The van der Waals surface area contributed by atoms with E-state index in [9.17, 15) is 0 Å². The van der Waals surface area contributed by atoms with E-state index in [1.807, 2.05) is 0 Å². The summed E-state index contributed by atoms with van der Waals surface area (Å²) in [4.78, 5) is 3.19. The number of likely N-dealkylation sites (N-methyl/N-ethyl adjacent to an activating group) is 1. The van der Waals surface area contributed by atoms with Crippen molar-refractivity contribution in [2.45, 2.75) is 13.0 Å². The second-order valence-electron chi connectivity index (χ2n) is 2.67. The Hall–Kier alpha value is -0.150. The highest BCUT2D eigenvalue weighted by atomic mass is 32.1. The summed E-state index contributed by atoms with van der Waals surface area (Å²) >= 11 is 5.01. The average molecular weight is 144 g/mol. The first-order valence-electron chi connectivity index (χ1n) is 3.16. The molecule has 1 aliphatic heterocycles. The zero-order valence-corrected chi connectivity index (χ0v) is 6.66. The first-order valence-corrected chi connectivity index (χ1v) is 3.57. The molecule has 1 atom stereocenters. The van der Waals surface area contributed by atoms with Gasteiger partial charge in [0.2, 0.25) is 0 Å². The van der Waals surface area contributed by atoms with Gasteiger partial charge in [-0.1, -0.05) is 12.2 Å². The SMILES string of the molecule is CC1CN(C)CC(=S)N1. The van der Waals surface area contributed by atoms with E-state index in [1.54, 1.807) is 0 Å². The molecule has 0 aliphatic carbocycles. The molecule has 0 aromatic rings. The highest BCUT2D eigenvalue weighted by Crippen LogP contribution is 1.95. The van der Waals surface area contributed by atoms with Gasteiger partial charge >= 0.3 is 0 Å². The summed E-state index contributed by atoms with van der Waals surface area (Å²) in [5.74, 6) is 0. The lowest BCUT2D eigenvalue weighted by molar-refractivity contribution is 0.321. The van der Waals surface area contributed by atoms with Crippen molar-refractivity contribution in [3.8, 4) is 0 Å². The van der Waals surface area contributed by atoms with Gasteiger partial charge in [0.25, 0.3) is 0 Å². The van der Waals surface area contributed by atoms with Crippen molar-refractivity contribution in [1.82, 2.24) is 10.2 Å². The first kappa shape index (κ1) is 6.96. The topological polar surface area (TPSA) is 15.3 Å². The minimum absolute atomic E-state index is 0.524. The zero-order valence-electron chi connectivity index (χ0n) is 5.85. The van der Waals surface area contributed by atoms with Gasteiger partial charge in [-0.25, -0.2) is 0 Å². The maximum atomic E-state index is 5.01. The summed E-state index contributed by atoms with van der Waals surface area (Å²) < 4.78 is 0. The third-order valence-corrected chi connectivity index (χ3v) is 1.65. The van der Waals surface area contributed by atoms with Crippen LogP contribution in [0.4, 0.5) is 0 Å². The van der Waals surface area contributed by atoms with E-state index in [-0.39, 0.29) is 0 Å². The molecule has 1 rings (SSSR count). The van der Waals surface area contributed by atoms with Crippen LogP contribution in [0.1, 0.15) is 6.92 Å². The van der Waals surface area contributed by atoms with E-state index >= 15 is 0 Å². The minimum atomic E-state index is 0.524. The molecule has 9 heavy (non-hydrogen) atoms. The predicted octanol–water partition coefficient (Wildman–Crippen LogP) is 0.237. The van der Waals surface area contributed by atoms with Crippen LogP contribution >= 0.6 is 12.2 Å². The van der Waals surface area contributed by atoms with Gasteiger partial charge in [-0.2, -0.15) is 0 Å². The molecule has 1 fully saturated rings. The largest absolute Gasteiger partial charge is 0.375 e. The molecule has 1 N–H and O–H groups in total. The molecule has 1 unspecified atom stereocenters. The average Bonchev–Trinajstić information content (AvgIpc) is 1.59. The van der Waals surface area contributed by atoms with Crippen LogP contribution in [0, 0.1) is 0 Å². The van der Waals surface area contributed by atoms with Crippen molar-refractivity contribution in [3.05, 3.63) is 0 Å². The van der Waals surface area contributed by atoms with Crippen molar-refractivity contribution in [2.75, 3.05) is 20.1 Å². The van der Waals surface area contributed by atoms with Crippen molar-refractivity contribution in [3.63, 3.8) is 0 Å². The van der Waals surface area contributed by atoms with Crippen molar-refractivity contribution < 1.29 is 0 Å². The van der Waals surface area contributed by atoms with Gasteiger partial charge in [0.1, 0.15) is 0 Å². The van der Waals surface area contributed by atoms with Gasteiger partial charge in [0, 0.05) is 19.1 Å². The molecule has 3 heteroatoms. The highest BCUT2D eigenvalue weighted by Gasteiger charge is 2.14. The van der Waals surface area contributed by atoms with E-state index in [1.165, 1.54) is 0 Å². The second-order valence-corrected chi connectivity index (χ2v) is 3.16. The Bertz CT molecular complexity index is 112. The molecule has 0 spiro atoms. The number of nitrogens with zero attached hydrogens (tertiary/aromatic N) is 1. The Kier molecular flexibility index (Phi) is 2.03. The number of nitrogens with one attached hydrogen (secondary N) is 1. The summed E-state index contributed by atoms with van der Waals surface area (Å²) in [6.07, 6.45) is 0. The van der Waals surface area contributed by atoms with E-state index < -0.39 is 0 Å². The Labute approximate surface area is 61.2 Å². The van der Waals surface area contributed by atoms with Crippen LogP contribution in [0.2, 0.25) is 0 Å². The maximum absolute atomic E-state index is 5.01. The monoisotopic (exact) mass is 144 g/mol. The molecule has 0 aromatic carbocycles. The van der Waals surface area contributed by atoms with Gasteiger partial charge in [-0.05, 0) is 14.0 Å². The van der Waals surface area contributed by atoms with E-state index in [0.29, 0.717) is 6.04 Å². The first-order chi connectivity index (χ1) is 4.18. The van der Waals surface area contributed by atoms with Gasteiger partial charge in [0.05, 0.1) is 4.99 Å². The molecule has 1 saturated heterocycles. The van der Waals surface area contributed by atoms with Gasteiger partial charge in [-0.3, -0.25) is 4.90 Å². The van der Waals surface area contributed by atoms with Crippen LogP contribution in [0.15, 0.2) is 0 Å². The summed E-state index contributed by atoms with van der Waals surface area (Å²) in [5.41, 5.74) is 0. The van der Waals surface area contributed by atoms with Crippen LogP contribution in [0.25, 0.3) is 0 Å². The summed E-state index contributed by atoms with van der Waals surface area (Å²) in [6, 6.07) is 0.524. The van der Waals surface area contributed by atoms with Crippen molar-refractivity contribution >= 4 is 17.2 Å².